The molecule has 1 rings (SSSR count). The van der Waals surface area contributed by atoms with Crippen molar-refractivity contribution in [3.05, 3.63) is 35.4 Å². The van der Waals surface area contributed by atoms with Gasteiger partial charge >= 0.3 is 0 Å². The van der Waals surface area contributed by atoms with Crippen LogP contribution in [0, 0.1) is 6.92 Å². The highest BCUT2D eigenvalue weighted by Gasteiger charge is 2.15. The van der Waals surface area contributed by atoms with Crippen LogP contribution in [0.2, 0.25) is 0 Å². The number of alkyl halides is 1. The van der Waals surface area contributed by atoms with E-state index in [-0.39, 0.29) is 11.9 Å². The third kappa shape index (κ3) is 3.06. The number of hydrogen-bond acceptors (Lipinski definition) is 1. The molecule has 1 amide bonds. The number of carbonyl (C=O) groups is 1. The van der Waals surface area contributed by atoms with Gasteiger partial charge in [0.2, 0.25) is 5.91 Å². The lowest BCUT2D eigenvalue weighted by molar-refractivity contribution is -0.128. The molecule has 1 aromatic carbocycles. The summed E-state index contributed by atoms with van der Waals surface area (Å²) in [7, 11) is 1.83. The molecular weight excluding hydrogens is 254 g/mol. The van der Waals surface area contributed by atoms with Gasteiger partial charge in [-0.2, -0.15) is 0 Å². The van der Waals surface area contributed by atoms with Gasteiger partial charge in [0.05, 0.1) is 11.4 Å². The molecule has 0 aromatic heterocycles. The highest BCUT2D eigenvalue weighted by molar-refractivity contribution is 9.09. The first-order valence-corrected chi connectivity index (χ1v) is 6.06. The molecule has 15 heavy (non-hydrogen) atoms. The van der Waals surface area contributed by atoms with Gasteiger partial charge in [-0.1, -0.05) is 45.8 Å². The molecule has 2 nitrogen and oxygen atoms in total. The summed E-state index contributed by atoms with van der Waals surface area (Å²) in [6.45, 7) is 4.09. The Hall–Kier alpha value is -0.830. The fourth-order valence-corrected chi connectivity index (χ4v) is 1.77. The molecule has 0 bridgehead atoms. The molecule has 3 heteroatoms. The standard InChI is InChI=1S/C12H16BrNO/c1-9-4-6-11(7-5-9)10(2)14(3)12(15)8-13/h4-7,10H,8H2,1-3H3. The molecule has 1 aromatic rings. The van der Waals surface area contributed by atoms with Crippen molar-refractivity contribution in [1.29, 1.82) is 0 Å². The van der Waals surface area contributed by atoms with Gasteiger partial charge in [-0.3, -0.25) is 4.79 Å². The van der Waals surface area contributed by atoms with Crippen LogP contribution in [-0.4, -0.2) is 23.2 Å². The van der Waals surface area contributed by atoms with Crippen LogP contribution in [0.25, 0.3) is 0 Å². The van der Waals surface area contributed by atoms with Crippen LogP contribution in [0.1, 0.15) is 24.1 Å². The molecule has 0 heterocycles. The molecule has 0 radical (unpaired) electrons. The lowest BCUT2D eigenvalue weighted by Crippen LogP contribution is -2.30. The van der Waals surface area contributed by atoms with Crippen molar-refractivity contribution in [2.75, 3.05) is 12.4 Å². The van der Waals surface area contributed by atoms with Crippen LogP contribution in [0.5, 0.6) is 0 Å². The summed E-state index contributed by atoms with van der Waals surface area (Å²) in [5.41, 5.74) is 2.40. The average Bonchev–Trinajstić information content (AvgIpc) is 2.27. The number of aryl methyl sites for hydroxylation is 1. The van der Waals surface area contributed by atoms with Crippen molar-refractivity contribution in [2.24, 2.45) is 0 Å². The summed E-state index contributed by atoms with van der Waals surface area (Å²) in [5, 5.41) is 0.375. The van der Waals surface area contributed by atoms with Crippen molar-refractivity contribution < 1.29 is 4.79 Å². The van der Waals surface area contributed by atoms with Crippen molar-refractivity contribution in [1.82, 2.24) is 4.90 Å². The lowest BCUT2D eigenvalue weighted by atomic mass is 10.1. The van der Waals surface area contributed by atoms with Gasteiger partial charge in [0, 0.05) is 7.05 Å². The predicted octanol–water partition coefficient (Wildman–Crippen LogP) is 2.91. The molecule has 0 fully saturated rings. The Morgan fingerprint density at radius 3 is 2.40 bits per heavy atom. The summed E-state index contributed by atoms with van der Waals surface area (Å²) in [5.74, 6) is 0.100. The number of benzene rings is 1. The Morgan fingerprint density at radius 2 is 1.93 bits per heavy atom. The molecule has 0 saturated heterocycles. The zero-order valence-electron chi connectivity index (χ0n) is 9.33. The number of nitrogens with zero attached hydrogens (tertiary/aromatic N) is 1. The molecule has 0 N–H and O–H groups in total. The highest BCUT2D eigenvalue weighted by Crippen LogP contribution is 2.19. The van der Waals surface area contributed by atoms with E-state index in [1.165, 1.54) is 5.56 Å². The second-order valence-corrected chi connectivity index (χ2v) is 4.29. The summed E-state index contributed by atoms with van der Waals surface area (Å²) in [4.78, 5) is 13.2. The Morgan fingerprint density at radius 1 is 1.40 bits per heavy atom. The van der Waals surface area contributed by atoms with Gasteiger partial charge in [-0.15, -0.1) is 0 Å². The maximum absolute atomic E-state index is 11.5. The zero-order valence-corrected chi connectivity index (χ0v) is 10.9. The van der Waals surface area contributed by atoms with E-state index in [0.717, 1.165) is 5.56 Å². The molecule has 1 unspecified atom stereocenters. The summed E-state index contributed by atoms with van der Waals surface area (Å²) in [6, 6.07) is 8.39. The fraction of sp³-hybridized carbons (Fsp3) is 0.417. The zero-order chi connectivity index (χ0) is 11.4. The average molecular weight is 270 g/mol. The molecule has 0 aliphatic carbocycles. The van der Waals surface area contributed by atoms with Gasteiger partial charge < -0.3 is 4.90 Å². The van der Waals surface area contributed by atoms with E-state index in [1.807, 2.05) is 14.0 Å². The van der Waals surface area contributed by atoms with Crippen LogP contribution in [-0.2, 0) is 4.79 Å². The molecule has 0 spiro atoms. The lowest BCUT2D eigenvalue weighted by Gasteiger charge is -2.24. The van der Waals surface area contributed by atoms with Crippen LogP contribution in [0.15, 0.2) is 24.3 Å². The minimum atomic E-state index is 0.100. The molecule has 82 valence electrons. The van der Waals surface area contributed by atoms with E-state index in [9.17, 15) is 4.79 Å². The van der Waals surface area contributed by atoms with Crippen LogP contribution >= 0.6 is 15.9 Å². The minimum Gasteiger partial charge on any atom is -0.338 e. The first kappa shape index (κ1) is 12.2. The number of hydrogen-bond donors (Lipinski definition) is 0. The third-order valence-electron chi connectivity index (χ3n) is 2.65. The normalized spacial score (nSPS) is 12.3. The number of amides is 1. The van der Waals surface area contributed by atoms with Crippen molar-refractivity contribution in [2.45, 2.75) is 19.9 Å². The molecule has 1 atom stereocenters. The SMILES string of the molecule is Cc1ccc(C(C)N(C)C(=O)CBr)cc1. The summed E-state index contributed by atoms with van der Waals surface area (Å²) < 4.78 is 0. The highest BCUT2D eigenvalue weighted by atomic mass is 79.9. The quantitative estimate of drug-likeness (QED) is 0.773. The summed E-state index contributed by atoms with van der Waals surface area (Å²) in [6.07, 6.45) is 0. The number of halogens is 1. The van der Waals surface area contributed by atoms with Gasteiger partial charge in [-0.25, -0.2) is 0 Å². The molecule has 0 aliphatic heterocycles. The molecule has 0 aliphatic rings. The van der Waals surface area contributed by atoms with E-state index in [2.05, 4.69) is 47.1 Å². The third-order valence-corrected chi connectivity index (χ3v) is 3.13. The monoisotopic (exact) mass is 269 g/mol. The van der Waals surface area contributed by atoms with Crippen LogP contribution in [0.4, 0.5) is 0 Å². The first-order valence-electron chi connectivity index (χ1n) is 4.94. The number of carbonyl (C=O) groups excluding carboxylic acids is 1. The Balaban J connectivity index is 2.80. The topological polar surface area (TPSA) is 20.3 Å². The molecular formula is C12H16BrNO. The maximum atomic E-state index is 11.5. The van der Waals surface area contributed by atoms with Crippen molar-refractivity contribution >= 4 is 21.8 Å². The summed E-state index contributed by atoms with van der Waals surface area (Å²) >= 11 is 3.18. The van der Waals surface area contributed by atoms with Crippen molar-refractivity contribution in [3.63, 3.8) is 0 Å². The molecule has 0 saturated carbocycles. The minimum absolute atomic E-state index is 0.100. The second kappa shape index (κ2) is 5.31. The van der Waals surface area contributed by atoms with Crippen LogP contribution in [0.3, 0.4) is 0 Å². The Bertz CT molecular complexity index is 334. The van der Waals surface area contributed by atoms with Gasteiger partial charge in [0.15, 0.2) is 0 Å². The maximum Gasteiger partial charge on any atom is 0.233 e. The van der Waals surface area contributed by atoms with Gasteiger partial charge in [-0.05, 0) is 19.4 Å². The predicted molar refractivity (Wildman–Crippen MR) is 66.2 cm³/mol. The first-order chi connectivity index (χ1) is 7.06. The number of rotatable bonds is 3. The Labute approximate surface area is 99.4 Å². The largest absolute Gasteiger partial charge is 0.338 e. The van der Waals surface area contributed by atoms with E-state index < -0.39 is 0 Å². The smallest absolute Gasteiger partial charge is 0.233 e. The van der Waals surface area contributed by atoms with Gasteiger partial charge in [0.1, 0.15) is 0 Å². The van der Waals surface area contributed by atoms with E-state index in [4.69, 9.17) is 0 Å². The van der Waals surface area contributed by atoms with E-state index >= 15 is 0 Å². The van der Waals surface area contributed by atoms with Crippen LogP contribution < -0.4 is 0 Å². The van der Waals surface area contributed by atoms with E-state index in [1.54, 1.807) is 4.90 Å². The fourth-order valence-electron chi connectivity index (χ4n) is 1.38. The Kier molecular flexibility index (Phi) is 4.33. The second-order valence-electron chi connectivity index (χ2n) is 3.72. The van der Waals surface area contributed by atoms with Crippen molar-refractivity contribution in [3.8, 4) is 0 Å². The van der Waals surface area contributed by atoms with Gasteiger partial charge in [0.25, 0.3) is 0 Å². The van der Waals surface area contributed by atoms with E-state index in [0.29, 0.717) is 5.33 Å².